The van der Waals surface area contributed by atoms with Gasteiger partial charge in [-0.25, -0.2) is 15.8 Å². The van der Waals surface area contributed by atoms with E-state index in [0.29, 0.717) is 5.82 Å². The van der Waals surface area contributed by atoms with Crippen LogP contribution in [0.1, 0.15) is 32.0 Å². The summed E-state index contributed by atoms with van der Waals surface area (Å²) in [5.74, 6) is 11.2. The van der Waals surface area contributed by atoms with E-state index in [2.05, 4.69) is 39.4 Å². The number of aryl methyl sites for hydroxylation is 1. The molecule has 0 saturated carbocycles. The Bertz CT molecular complexity index is 393. The number of rotatable bonds is 6. The van der Waals surface area contributed by atoms with Gasteiger partial charge in [-0.1, -0.05) is 6.92 Å². The van der Waals surface area contributed by atoms with Crippen LogP contribution in [-0.2, 0) is 6.42 Å². The molecule has 0 aromatic carbocycles. The van der Waals surface area contributed by atoms with Gasteiger partial charge in [0.2, 0.25) is 0 Å². The highest BCUT2D eigenvalue weighted by Crippen LogP contribution is 2.23. The van der Waals surface area contributed by atoms with Crippen molar-refractivity contribution in [3.05, 3.63) is 11.9 Å². The van der Waals surface area contributed by atoms with E-state index in [1.54, 1.807) is 0 Å². The number of thioether (sulfide) groups is 1. The molecular weight excluding hydrogens is 258 g/mol. The topological polar surface area (TPSA) is 75.9 Å². The van der Waals surface area contributed by atoms with Crippen LogP contribution in [0.3, 0.4) is 0 Å². The molecule has 4 N–H and O–H groups in total. The molecular formula is C13H23N5S. The number of nitrogens with one attached hydrogen (secondary N) is 2. The van der Waals surface area contributed by atoms with Crippen molar-refractivity contribution >= 4 is 23.4 Å². The molecule has 1 aromatic heterocycles. The largest absolute Gasteiger partial charge is 0.370 e. The Labute approximate surface area is 119 Å². The van der Waals surface area contributed by atoms with Crippen LogP contribution in [0.25, 0.3) is 0 Å². The Morgan fingerprint density at radius 1 is 1.32 bits per heavy atom. The van der Waals surface area contributed by atoms with Crippen molar-refractivity contribution in [3.8, 4) is 0 Å². The van der Waals surface area contributed by atoms with Gasteiger partial charge in [0, 0.05) is 19.0 Å². The summed E-state index contributed by atoms with van der Waals surface area (Å²) in [5, 5.41) is 3.43. The van der Waals surface area contributed by atoms with Crippen molar-refractivity contribution in [1.82, 2.24) is 9.97 Å². The summed E-state index contributed by atoms with van der Waals surface area (Å²) in [6, 6.07) is 1.87. The quantitative estimate of drug-likeness (QED) is 0.548. The third-order valence-corrected chi connectivity index (χ3v) is 4.36. The van der Waals surface area contributed by atoms with Crippen LogP contribution in [0.5, 0.6) is 0 Å². The fraction of sp³-hybridized carbons (Fsp3) is 0.692. The molecule has 0 aliphatic carbocycles. The second kappa shape index (κ2) is 7.55. The third-order valence-electron chi connectivity index (χ3n) is 3.31. The maximum absolute atomic E-state index is 5.45. The molecule has 0 radical (unpaired) electrons. The van der Waals surface area contributed by atoms with Gasteiger partial charge < -0.3 is 10.7 Å². The van der Waals surface area contributed by atoms with Crippen LogP contribution >= 0.6 is 11.8 Å². The summed E-state index contributed by atoms with van der Waals surface area (Å²) in [6.07, 6.45) is 4.51. The zero-order valence-corrected chi connectivity index (χ0v) is 12.3. The highest BCUT2D eigenvalue weighted by molar-refractivity contribution is 7.99. The Hall–Kier alpha value is -1.01. The lowest BCUT2D eigenvalue weighted by molar-refractivity contribution is 0.515. The summed E-state index contributed by atoms with van der Waals surface area (Å²) in [4.78, 5) is 8.88. The fourth-order valence-corrected chi connectivity index (χ4v) is 3.40. The second-order valence-corrected chi connectivity index (χ2v) is 6.11. The Kier molecular flexibility index (Phi) is 5.72. The number of nitrogens with two attached hydrogens (primary N) is 1. The minimum Gasteiger partial charge on any atom is -0.370 e. The van der Waals surface area contributed by atoms with Gasteiger partial charge >= 0.3 is 0 Å². The van der Waals surface area contributed by atoms with E-state index in [1.165, 1.54) is 24.3 Å². The van der Waals surface area contributed by atoms with Crippen molar-refractivity contribution < 1.29 is 0 Å². The van der Waals surface area contributed by atoms with Crippen molar-refractivity contribution in [2.75, 3.05) is 28.8 Å². The molecule has 0 bridgehead atoms. The first-order chi connectivity index (χ1) is 9.31. The van der Waals surface area contributed by atoms with E-state index >= 15 is 0 Å². The van der Waals surface area contributed by atoms with Crippen molar-refractivity contribution in [3.63, 3.8) is 0 Å². The highest BCUT2D eigenvalue weighted by atomic mass is 32.2. The molecule has 1 fully saturated rings. The van der Waals surface area contributed by atoms with Crippen LogP contribution in [0, 0.1) is 5.92 Å². The minimum absolute atomic E-state index is 0.681. The molecule has 0 unspecified atom stereocenters. The van der Waals surface area contributed by atoms with Crippen LogP contribution in [0.4, 0.5) is 11.6 Å². The third kappa shape index (κ3) is 4.54. The van der Waals surface area contributed by atoms with Crippen molar-refractivity contribution in [1.29, 1.82) is 0 Å². The lowest BCUT2D eigenvalue weighted by atomic mass is 10.0. The molecule has 1 aromatic rings. The molecule has 106 valence electrons. The molecule has 2 heterocycles. The van der Waals surface area contributed by atoms with Gasteiger partial charge in [-0.3, -0.25) is 0 Å². The van der Waals surface area contributed by atoms with Crippen LogP contribution in [0.15, 0.2) is 6.07 Å². The monoisotopic (exact) mass is 281 g/mol. The normalized spacial score (nSPS) is 16.3. The zero-order valence-electron chi connectivity index (χ0n) is 11.5. The first-order valence-electron chi connectivity index (χ1n) is 6.98. The van der Waals surface area contributed by atoms with Gasteiger partial charge in [0.25, 0.3) is 0 Å². The number of anilines is 2. The SMILES string of the molecule is CCCc1nc(NN)cc(NCC2CCSCC2)n1. The number of nitrogen functional groups attached to an aromatic ring is 1. The lowest BCUT2D eigenvalue weighted by Crippen LogP contribution is -2.20. The minimum atomic E-state index is 0.681. The van der Waals surface area contributed by atoms with Gasteiger partial charge in [0.15, 0.2) is 0 Å². The predicted molar refractivity (Wildman–Crippen MR) is 82.4 cm³/mol. The summed E-state index contributed by atoms with van der Waals surface area (Å²) in [6.45, 7) is 3.12. The van der Waals surface area contributed by atoms with Crippen molar-refractivity contribution in [2.24, 2.45) is 11.8 Å². The van der Waals surface area contributed by atoms with E-state index in [4.69, 9.17) is 5.84 Å². The first-order valence-corrected chi connectivity index (χ1v) is 8.13. The number of hydrogen-bond acceptors (Lipinski definition) is 6. The van der Waals surface area contributed by atoms with E-state index in [1.807, 2.05) is 6.07 Å². The van der Waals surface area contributed by atoms with Gasteiger partial charge in [-0.2, -0.15) is 11.8 Å². The van der Waals surface area contributed by atoms with Gasteiger partial charge in [0.05, 0.1) is 0 Å². The molecule has 0 atom stereocenters. The molecule has 1 saturated heterocycles. The predicted octanol–water partition coefficient (Wildman–Crippen LogP) is 2.27. The average Bonchev–Trinajstić information content (AvgIpc) is 2.46. The molecule has 5 nitrogen and oxygen atoms in total. The van der Waals surface area contributed by atoms with Gasteiger partial charge in [-0.05, 0) is 36.7 Å². The van der Waals surface area contributed by atoms with E-state index < -0.39 is 0 Å². The molecule has 0 spiro atoms. The lowest BCUT2D eigenvalue weighted by Gasteiger charge is -2.22. The first kappa shape index (κ1) is 14.4. The molecule has 1 aliphatic heterocycles. The molecule has 6 heteroatoms. The van der Waals surface area contributed by atoms with E-state index in [-0.39, 0.29) is 0 Å². The maximum Gasteiger partial charge on any atom is 0.145 e. The van der Waals surface area contributed by atoms with E-state index in [0.717, 1.165) is 36.9 Å². The summed E-state index contributed by atoms with van der Waals surface area (Å²) >= 11 is 2.06. The standard InChI is InChI=1S/C13H23N5S/c1-2-3-11-16-12(8-13(17-11)18-14)15-9-10-4-6-19-7-5-10/h8,10H,2-7,9,14H2,1H3,(H2,15,16,17,18). The average molecular weight is 281 g/mol. The molecule has 0 amide bonds. The van der Waals surface area contributed by atoms with Crippen LogP contribution in [0.2, 0.25) is 0 Å². The van der Waals surface area contributed by atoms with Crippen LogP contribution < -0.4 is 16.6 Å². The van der Waals surface area contributed by atoms with Crippen molar-refractivity contribution in [2.45, 2.75) is 32.6 Å². The second-order valence-electron chi connectivity index (χ2n) is 4.89. The Balaban J connectivity index is 1.95. The number of aromatic nitrogens is 2. The maximum atomic E-state index is 5.45. The number of nitrogens with zero attached hydrogens (tertiary/aromatic N) is 2. The summed E-state index contributed by atoms with van der Waals surface area (Å²) < 4.78 is 0. The number of hydrogen-bond donors (Lipinski definition) is 3. The zero-order chi connectivity index (χ0) is 13.5. The van der Waals surface area contributed by atoms with Gasteiger partial charge in [-0.15, -0.1) is 0 Å². The Morgan fingerprint density at radius 2 is 2.05 bits per heavy atom. The summed E-state index contributed by atoms with van der Waals surface area (Å²) in [5.41, 5.74) is 2.61. The molecule has 1 aliphatic rings. The van der Waals surface area contributed by atoms with Crippen LogP contribution in [-0.4, -0.2) is 28.0 Å². The molecule has 2 rings (SSSR count). The number of hydrazine groups is 1. The summed E-state index contributed by atoms with van der Waals surface area (Å²) in [7, 11) is 0. The smallest absolute Gasteiger partial charge is 0.145 e. The Morgan fingerprint density at radius 3 is 2.74 bits per heavy atom. The van der Waals surface area contributed by atoms with Gasteiger partial charge in [0.1, 0.15) is 17.5 Å². The van der Waals surface area contributed by atoms with E-state index in [9.17, 15) is 0 Å². The fourth-order valence-electron chi connectivity index (χ4n) is 2.20. The molecule has 19 heavy (non-hydrogen) atoms. The highest BCUT2D eigenvalue weighted by Gasteiger charge is 2.13.